The summed E-state index contributed by atoms with van der Waals surface area (Å²) < 4.78 is 5.43. The topological polar surface area (TPSA) is 96.1 Å². The molecule has 0 spiro atoms. The number of carbonyl (C=O) groups is 1. The smallest absolute Gasteiger partial charge is 0.271 e. The zero-order chi connectivity index (χ0) is 12.1. The highest BCUT2D eigenvalue weighted by Gasteiger charge is 2.15. The monoisotopic (exact) mass is 238 g/mol. The molecule has 1 unspecified atom stereocenters. The lowest BCUT2D eigenvalue weighted by atomic mass is 10.3. The Morgan fingerprint density at radius 1 is 1.59 bits per heavy atom. The van der Waals surface area contributed by atoms with E-state index < -0.39 is 0 Å². The fourth-order valence-electron chi connectivity index (χ4n) is 1.52. The van der Waals surface area contributed by atoms with Gasteiger partial charge in [-0.25, -0.2) is 5.10 Å². The number of carbonyl (C=O) groups excluding carboxylic acids is 1. The molecule has 0 aliphatic carbocycles. The normalized spacial score (nSPS) is 19.9. The van der Waals surface area contributed by atoms with Gasteiger partial charge in [0.1, 0.15) is 5.69 Å². The van der Waals surface area contributed by atoms with Gasteiger partial charge in [0, 0.05) is 25.7 Å². The lowest BCUT2D eigenvalue weighted by molar-refractivity contribution is 0.0286. The minimum Gasteiger partial charge on any atom is -0.374 e. The van der Waals surface area contributed by atoms with Crippen LogP contribution >= 0.6 is 0 Å². The predicted molar refractivity (Wildman–Crippen MR) is 59.8 cm³/mol. The van der Waals surface area contributed by atoms with Gasteiger partial charge in [0.05, 0.1) is 12.7 Å². The Morgan fingerprint density at radius 2 is 2.47 bits per heavy atom. The van der Waals surface area contributed by atoms with Crippen molar-refractivity contribution >= 4 is 5.91 Å². The van der Waals surface area contributed by atoms with Crippen LogP contribution in [0.5, 0.6) is 0 Å². The van der Waals surface area contributed by atoms with Gasteiger partial charge in [-0.05, 0) is 6.07 Å². The summed E-state index contributed by atoms with van der Waals surface area (Å²) in [7, 11) is 0. The second-order valence-electron chi connectivity index (χ2n) is 3.71. The Hall–Kier alpha value is -1.73. The molecular formula is C10H14N4O3. The molecule has 0 bridgehead atoms. The van der Waals surface area contributed by atoms with Gasteiger partial charge in [0.2, 0.25) is 0 Å². The number of ether oxygens (including phenoxy) is 1. The number of hydrogen-bond acceptors (Lipinski definition) is 5. The predicted octanol–water partition coefficient (Wildman–Crippen LogP) is -1.51. The fourth-order valence-corrected chi connectivity index (χ4v) is 1.52. The van der Waals surface area contributed by atoms with Crippen LogP contribution in [0.1, 0.15) is 10.5 Å². The molecule has 1 saturated heterocycles. The van der Waals surface area contributed by atoms with E-state index in [4.69, 9.17) is 4.74 Å². The summed E-state index contributed by atoms with van der Waals surface area (Å²) in [6, 6.07) is 2.65. The van der Waals surface area contributed by atoms with E-state index in [1.807, 2.05) is 0 Å². The van der Waals surface area contributed by atoms with Gasteiger partial charge in [-0.1, -0.05) is 0 Å². The van der Waals surface area contributed by atoms with Gasteiger partial charge >= 0.3 is 0 Å². The summed E-state index contributed by atoms with van der Waals surface area (Å²) in [6.07, 6.45) is -0.0181. The number of aromatic amines is 1. The molecule has 1 amide bonds. The maximum atomic E-state index is 11.6. The fraction of sp³-hybridized carbons (Fsp3) is 0.500. The number of amides is 1. The van der Waals surface area contributed by atoms with Crippen LogP contribution in [0.3, 0.4) is 0 Å². The molecular weight excluding hydrogens is 224 g/mol. The minimum atomic E-state index is -0.332. The van der Waals surface area contributed by atoms with Crippen LogP contribution in [0.4, 0.5) is 0 Å². The molecule has 1 aromatic rings. The highest BCUT2D eigenvalue weighted by atomic mass is 16.5. The van der Waals surface area contributed by atoms with Crippen molar-refractivity contribution in [3.63, 3.8) is 0 Å². The standard InChI is InChI=1S/C10H14N4O3/c15-9-2-1-8(13-14-9)10(16)12-6-7-5-11-3-4-17-7/h1-2,7,11H,3-6H2,(H,12,16)(H,14,15). The van der Waals surface area contributed by atoms with Gasteiger partial charge in [-0.15, -0.1) is 0 Å². The summed E-state index contributed by atoms with van der Waals surface area (Å²) in [6.45, 7) is 2.63. The van der Waals surface area contributed by atoms with Crippen LogP contribution in [0, 0.1) is 0 Å². The minimum absolute atomic E-state index is 0.0181. The Bertz CT molecular complexity index is 419. The lowest BCUT2D eigenvalue weighted by Crippen LogP contribution is -2.45. The van der Waals surface area contributed by atoms with Crippen LogP contribution in [0.25, 0.3) is 0 Å². The third-order valence-electron chi connectivity index (χ3n) is 2.41. The van der Waals surface area contributed by atoms with E-state index in [2.05, 4.69) is 20.8 Å². The third kappa shape index (κ3) is 3.36. The van der Waals surface area contributed by atoms with Crippen LogP contribution in [0.2, 0.25) is 0 Å². The van der Waals surface area contributed by atoms with Gasteiger partial charge in [0.15, 0.2) is 0 Å². The SMILES string of the molecule is O=C(NCC1CNCCO1)c1ccc(=O)[nH]n1. The summed E-state index contributed by atoms with van der Waals surface area (Å²) in [5.41, 5.74) is -0.144. The van der Waals surface area contributed by atoms with E-state index in [0.717, 1.165) is 13.1 Å². The first-order chi connectivity index (χ1) is 8.25. The average Bonchev–Trinajstić information content (AvgIpc) is 2.38. The summed E-state index contributed by atoms with van der Waals surface area (Å²) in [5.74, 6) is -0.324. The summed E-state index contributed by atoms with van der Waals surface area (Å²) >= 11 is 0. The van der Waals surface area contributed by atoms with Crippen molar-refractivity contribution in [1.29, 1.82) is 0 Å². The van der Waals surface area contributed by atoms with E-state index in [-0.39, 0.29) is 23.3 Å². The first kappa shape index (κ1) is 11.7. The number of H-pyrrole nitrogens is 1. The molecule has 1 aliphatic rings. The van der Waals surface area contributed by atoms with E-state index in [1.54, 1.807) is 0 Å². The molecule has 7 heteroatoms. The quantitative estimate of drug-likeness (QED) is 0.595. The third-order valence-corrected chi connectivity index (χ3v) is 2.41. The van der Waals surface area contributed by atoms with E-state index in [9.17, 15) is 9.59 Å². The van der Waals surface area contributed by atoms with E-state index in [0.29, 0.717) is 13.2 Å². The molecule has 2 rings (SSSR count). The summed E-state index contributed by atoms with van der Waals surface area (Å²) in [5, 5.41) is 11.7. The summed E-state index contributed by atoms with van der Waals surface area (Å²) in [4.78, 5) is 22.4. The number of aromatic nitrogens is 2. The molecule has 92 valence electrons. The molecule has 3 N–H and O–H groups in total. The molecule has 2 heterocycles. The van der Waals surface area contributed by atoms with Gasteiger partial charge in [-0.3, -0.25) is 9.59 Å². The highest BCUT2D eigenvalue weighted by Crippen LogP contribution is 1.95. The molecule has 0 saturated carbocycles. The number of nitrogens with one attached hydrogen (secondary N) is 3. The first-order valence-corrected chi connectivity index (χ1v) is 5.42. The Morgan fingerprint density at radius 3 is 3.12 bits per heavy atom. The van der Waals surface area contributed by atoms with E-state index in [1.165, 1.54) is 12.1 Å². The van der Waals surface area contributed by atoms with Crippen molar-refractivity contribution in [3.8, 4) is 0 Å². The van der Waals surface area contributed by atoms with Crippen LogP contribution in [-0.2, 0) is 4.74 Å². The molecule has 1 aromatic heterocycles. The maximum absolute atomic E-state index is 11.6. The maximum Gasteiger partial charge on any atom is 0.271 e. The van der Waals surface area contributed by atoms with Crippen molar-refractivity contribution in [2.75, 3.05) is 26.2 Å². The zero-order valence-electron chi connectivity index (χ0n) is 9.23. The molecule has 17 heavy (non-hydrogen) atoms. The van der Waals surface area contributed by atoms with Gasteiger partial charge < -0.3 is 15.4 Å². The number of hydrogen-bond donors (Lipinski definition) is 3. The Labute approximate surface area is 97.6 Å². The second kappa shape index (κ2) is 5.55. The largest absolute Gasteiger partial charge is 0.374 e. The van der Waals surface area contributed by atoms with Crippen molar-refractivity contribution in [2.45, 2.75) is 6.10 Å². The first-order valence-electron chi connectivity index (χ1n) is 5.42. The Kier molecular flexibility index (Phi) is 3.84. The number of nitrogens with zero attached hydrogens (tertiary/aromatic N) is 1. The van der Waals surface area contributed by atoms with Crippen LogP contribution in [0.15, 0.2) is 16.9 Å². The molecule has 0 aromatic carbocycles. The second-order valence-corrected chi connectivity index (χ2v) is 3.71. The number of rotatable bonds is 3. The molecule has 7 nitrogen and oxygen atoms in total. The molecule has 1 atom stereocenters. The van der Waals surface area contributed by atoms with Crippen LogP contribution < -0.4 is 16.2 Å². The lowest BCUT2D eigenvalue weighted by Gasteiger charge is -2.23. The highest BCUT2D eigenvalue weighted by molar-refractivity contribution is 5.91. The van der Waals surface area contributed by atoms with Crippen LogP contribution in [-0.4, -0.2) is 48.4 Å². The zero-order valence-corrected chi connectivity index (χ0v) is 9.23. The van der Waals surface area contributed by atoms with Crippen molar-refractivity contribution < 1.29 is 9.53 Å². The Balaban J connectivity index is 1.84. The van der Waals surface area contributed by atoms with E-state index >= 15 is 0 Å². The average molecular weight is 238 g/mol. The molecule has 0 radical (unpaired) electrons. The number of morpholine rings is 1. The van der Waals surface area contributed by atoms with Gasteiger partial charge in [-0.2, -0.15) is 5.10 Å². The van der Waals surface area contributed by atoms with Crippen molar-refractivity contribution in [3.05, 3.63) is 28.2 Å². The molecule has 1 fully saturated rings. The van der Waals surface area contributed by atoms with Crippen molar-refractivity contribution in [2.24, 2.45) is 0 Å². The molecule has 1 aliphatic heterocycles. The van der Waals surface area contributed by atoms with Crippen molar-refractivity contribution in [1.82, 2.24) is 20.8 Å². The van der Waals surface area contributed by atoms with Gasteiger partial charge in [0.25, 0.3) is 11.5 Å².